The summed E-state index contributed by atoms with van der Waals surface area (Å²) in [4.78, 5) is 16.8. The van der Waals surface area contributed by atoms with Crippen LogP contribution in [-0.2, 0) is 14.8 Å². The molecule has 1 heterocycles. The fourth-order valence-corrected chi connectivity index (χ4v) is 5.19. The normalized spacial score (nSPS) is 14.3. The third-order valence-electron chi connectivity index (χ3n) is 5.48. The zero-order valence-corrected chi connectivity index (χ0v) is 18.3. The van der Waals surface area contributed by atoms with Gasteiger partial charge in [-0.15, -0.1) is 0 Å². The lowest BCUT2D eigenvalue weighted by Crippen LogP contribution is -2.52. The van der Waals surface area contributed by atoms with E-state index in [1.54, 1.807) is 71.6 Å². The number of piperazine rings is 1. The summed E-state index contributed by atoms with van der Waals surface area (Å²) in [6.45, 7) is 1.43. The van der Waals surface area contributed by atoms with E-state index < -0.39 is 10.0 Å². The van der Waals surface area contributed by atoms with Crippen LogP contribution in [0.15, 0.2) is 89.8 Å². The van der Waals surface area contributed by atoms with Crippen molar-refractivity contribution in [3.63, 3.8) is 0 Å². The van der Waals surface area contributed by atoms with Crippen LogP contribution in [0.25, 0.3) is 0 Å². The van der Waals surface area contributed by atoms with Gasteiger partial charge in [0.1, 0.15) is 12.4 Å². The fraction of sp³-hybridized carbons (Fsp3) is 0.208. The van der Waals surface area contributed by atoms with E-state index in [0.29, 0.717) is 37.6 Å². The number of anilines is 2. The molecule has 0 radical (unpaired) electrons. The number of amides is 1. The van der Waals surface area contributed by atoms with Crippen molar-refractivity contribution in [3.05, 3.63) is 90.7 Å². The minimum Gasteiger partial charge on any atom is -0.366 e. The molecule has 1 fully saturated rings. The number of carbonyl (C=O) groups is 1. The molecule has 0 aromatic heterocycles. The van der Waals surface area contributed by atoms with E-state index in [4.69, 9.17) is 0 Å². The summed E-state index contributed by atoms with van der Waals surface area (Å²) in [5.74, 6) is -0.585. The van der Waals surface area contributed by atoms with Crippen molar-refractivity contribution in [1.82, 2.24) is 4.90 Å². The largest absolute Gasteiger partial charge is 0.366 e. The van der Waals surface area contributed by atoms with E-state index in [0.717, 1.165) is 4.31 Å². The monoisotopic (exact) mass is 453 g/mol. The first kappa shape index (κ1) is 21.8. The molecule has 32 heavy (non-hydrogen) atoms. The Hall–Kier alpha value is -3.39. The molecule has 1 aliphatic heterocycles. The summed E-state index contributed by atoms with van der Waals surface area (Å²) in [5.41, 5.74) is 0.937. The van der Waals surface area contributed by atoms with Crippen LogP contribution in [-0.4, -0.2) is 51.9 Å². The number of halogens is 1. The first-order chi connectivity index (χ1) is 15.5. The molecular formula is C24H24FN3O3S. The van der Waals surface area contributed by atoms with Gasteiger partial charge in [0.05, 0.1) is 16.3 Å². The number of para-hydroxylation sites is 2. The van der Waals surface area contributed by atoms with Crippen molar-refractivity contribution >= 4 is 27.3 Å². The maximum atomic E-state index is 14.1. The molecule has 1 aliphatic rings. The van der Waals surface area contributed by atoms with E-state index >= 15 is 0 Å². The van der Waals surface area contributed by atoms with Gasteiger partial charge in [-0.05, 0) is 36.4 Å². The van der Waals surface area contributed by atoms with Crippen LogP contribution in [0.1, 0.15) is 0 Å². The van der Waals surface area contributed by atoms with Crippen molar-refractivity contribution in [1.29, 1.82) is 0 Å². The van der Waals surface area contributed by atoms with Crippen molar-refractivity contribution < 1.29 is 17.6 Å². The molecule has 1 saturated heterocycles. The molecule has 6 nitrogen and oxygen atoms in total. The number of benzene rings is 3. The van der Waals surface area contributed by atoms with Gasteiger partial charge in [0, 0.05) is 26.2 Å². The SMILES string of the molecule is O=C(CN(c1ccccc1)S(=O)(=O)c1ccccc1)N1CCN(c2ccccc2F)CC1. The maximum absolute atomic E-state index is 14.1. The summed E-state index contributed by atoms with van der Waals surface area (Å²) in [5, 5.41) is 0. The highest BCUT2D eigenvalue weighted by molar-refractivity contribution is 7.92. The van der Waals surface area contributed by atoms with Gasteiger partial charge in [0.2, 0.25) is 5.91 Å². The molecule has 166 valence electrons. The Morgan fingerprint density at radius 1 is 0.812 bits per heavy atom. The van der Waals surface area contributed by atoms with Gasteiger partial charge in [-0.2, -0.15) is 0 Å². The Morgan fingerprint density at radius 3 is 2.00 bits per heavy atom. The van der Waals surface area contributed by atoms with Gasteiger partial charge in [-0.3, -0.25) is 9.10 Å². The molecule has 0 saturated carbocycles. The number of rotatable bonds is 6. The first-order valence-electron chi connectivity index (χ1n) is 10.4. The van der Waals surface area contributed by atoms with Gasteiger partial charge >= 0.3 is 0 Å². The third-order valence-corrected chi connectivity index (χ3v) is 7.27. The maximum Gasteiger partial charge on any atom is 0.264 e. The molecule has 0 unspecified atom stereocenters. The summed E-state index contributed by atoms with van der Waals surface area (Å²) in [6.07, 6.45) is 0. The molecule has 1 amide bonds. The number of nitrogens with zero attached hydrogens (tertiary/aromatic N) is 3. The molecule has 8 heteroatoms. The summed E-state index contributed by atoms with van der Waals surface area (Å²) < 4.78 is 41.9. The molecule has 3 aromatic rings. The lowest BCUT2D eigenvalue weighted by Gasteiger charge is -2.37. The van der Waals surface area contributed by atoms with Crippen molar-refractivity contribution in [2.75, 3.05) is 41.9 Å². The van der Waals surface area contributed by atoms with Crippen LogP contribution in [0.4, 0.5) is 15.8 Å². The Balaban J connectivity index is 1.51. The van der Waals surface area contributed by atoms with Gasteiger partial charge in [-0.1, -0.05) is 48.5 Å². The van der Waals surface area contributed by atoms with Crippen LogP contribution >= 0.6 is 0 Å². The molecule has 0 N–H and O–H groups in total. The predicted molar refractivity (Wildman–Crippen MR) is 123 cm³/mol. The Kier molecular flexibility index (Phi) is 6.41. The molecule has 0 bridgehead atoms. The summed E-state index contributed by atoms with van der Waals surface area (Å²) >= 11 is 0. The van der Waals surface area contributed by atoms with E-state index in [-0.39, 0.29) is 23.2 Å². The zero-order valence-electron chi connectivity index (χ0n) is 17.5. The average Bonchev–Trinajstić information content (AvgIpc) is 2.84. The summed E-state index contributed by atoms with van der Waals surface area (Å²) in [6, 6.07) is 23.2. The third kappa shape index (κ3) is 4.60. The number of hydrogen-bond donors (Lipinski definition) is 0. The van der Waals surface area contributed by atoms with Gasteiger partial charge in [-0.25, -0.2) is 12.8 Å². The lowest BCUT2D eigenvalue weighted by molar-refractivity contribution is -0.129. The number of hydrogen-bond acceptors (Lipinski definition) is 4. The zero-order chi connectivity index (χ0) is 22.6. The second kappa shape index (κ2) is 9.40. The Morgan fingerprint density at radius 2 is 1.38 bits per heavy atom. The second-order valence-corrected chi connectivity index (χ2v) is 9.34. The molecule has 0 spiro atoms. The fourth-order valence-electron chi connectivity index (χ4n) is 3.76. The van der Waals surface area contributed by atoms with Gasteiger partial charge in [0.25, 0.3) is 10.0 Å². The van der Waals surface area contributed by atoms with Gasteiger partial charge in [0.15, 0.2) is 0 Å². The highest BCUT2D eigenvalue weighted by Gasteiger charge is 2.30. The minimum absolute atomic E-state index is 0.126. The standard InChI is InChI=1S/C24H24FN3O3S/c25-22-13-7-8-14-23(22)26-15-17-27(18-16-26)24(29)19-28(20-9-3-1-4-10-20)32(30,31)21-11-5-2-6-12-21/h1-14H,15-19H2. The van der Waals surface area contributed by atoms with Crippen LogP contribution in [0, 0.1) is 5.82 Å². The van der Waals surface area contributed by atoms with E-state index in [9.17, 15) is 17.6 Å². The van der Waals surface area contributed by atoms with Crippen LogP contribution in [0.2, 0.25) is 0 Å². The van der Waals surface area contributed by atoms with Crippen molar-refractivity contribution in [2.24, 2.45) is 0 Å². The first-order valence-corrected chi connectivity index (χ1v) is 11.8. The molecule has 3 aromatic carbocycles. The Bertz CT molecular complexity index is 1170. The molecule has 0 aliphatic carbocycles. The lowest BCUT2D eigenvalue weighted by atomic mass is 10.2. The van der Waals surface area contributed by atoms with E-state index in [1.807, 2.05) is 4.90 Å². The molecule has 4 rings (SSSR count). The topological polar surface area (TPSA) is 60.9 Å². The van der Waals surface area contributed by atoms with Crippen LogP contribution in [0.5, 0.6) is 0 Å². The Labute approximate surface area is 187 Å². The molecular weight excluding hydrogens is 429 g/mol. The van der Waals surface area contributed by atoms with Crippen LogP contribution < -0.4 is 9.21 Å². The minimum atomic E-state index is -3.92. The summed E-state index contributed by atoms with van der Waals surface area (Å²) in [7, 11) is -3.92. The highest BCUT2D eigenvalue weighted by Crippen LogP contribution is 2.24. The number of sulfonamides is 1. The van der Waals surface area contributed by atoms with Gasteiger partial charge < -0.3 is 9.80 Å². The van der Waals surface area contributed by atoms with Crippen molar-refractivity contribution in [3.8, 4) is 0 Å². The number of carbonyl (C=O) groups excluding carboxylic acids is 1. The van der Waals surface area contributed by atoms with Crippen molar-refractivity contribution in [2.45, 2.75) is 4.90 Å². The van der Waals surface area contributed by atoms with E-state index in [2.05, 4.69) is 0 Å². The van der Waals surface area contributed by atoms with Crippen LogP contribution in [0.3, 0.4) is 0 Å². The predicted octanol–water partition coefficient (Wildman–Crippen LogP) is 3.37. The second-order valence-electron chi connectivity index (χ2n) is 7.48. The average molecular weight is 454 g/mol. The smallest absolute Gasteiger partial charge is 0.264 e. The highest BCUT2D eigenvalue weighted by atomic mass is 32.2. The van der Waals surface area contributed by atoms with E-state index in [1.165, 1.54) is 18.2 Å². The quantitative estimate of drug-likeness (QED) is 0.574. The molecule has 0 atom stereocenters.